The van der Waals surface area contributed by atoms with Crippen LogP contribution in [0.25, 0.3) is 0 Å². The predicted molar refractivity (Wildman–Crippen MR) is 78.5 cm³/mol. The molecule has 0 saturated heterocycles. The Morgan fingerprint density at radius 1 is 1.10 bits per heavy atom. The second-order valence-electron chi connectivity index (χ2n) is 3.89. The topological polar surface area (TPSA) is 38.3 Å². The first-order valence-corrected chi connectivity index (χ1v) is 6.49. The Morgan fingerprint density at radius 2 is 1.67 bits per heavy atom. The second-order valence-corrected chi connectivity index (χ2v) is 4.70. The molecule has 1 N–H and O–H groups in total. The Hall–Kier alpha value is -2.05. The molecule has 0 fully saturated rings. The molecule has 0 atom stereocenters. The van der Waals surface area contributed by atoms with Crippen molar-refractivity contribution in [2.24, 2.45) is 0 Å². The molecule has 0 unspecified atom stereocenters. The highest BCUT2D eigenvalue weighted by Gasteiger charge is 2.18. The van der Waals surface area contributed by atoms with Crippen molar-refractivity contribution in [3.63, 3.8) is 0 Å². The number of nitrogens with one attached hydrogen (secondary N) is 1. The molecule has 0 spiro atoms. The lowest BCUT2D eigenvalue weighted by Crippen LogP contribution is -2.33. The molecule has 0 aliphatic rings. The zero-order valence-electron chi connectivity index (χ0n) is 10.4. The van der Waals surface area contributed by atoms with Gasteiger partial charge in [-0.15, -0.1) is 0 Å². The van der Waals surface area contributed by atoms with E-state index in [0.29, 0.717) is 10.8 Å². The van der Waals surface area contributed by atoms with Gasteiger partial charge >= 0.3 is 0 Å². The van der Waals surface area contributed by atoms with Crippen LogP contribution in [-0.2, 0) is 0 Å². The highest BCUT2D eigenvalue weighted by Crippen LogP contribution is 2.16. The fraction of sp³-hybridized carbons (Fsp3) is 0. The van der Waals surface area contributed by atoms with Crippen LogP contribution >= 0.6 is 23.8 Å². The van der Waals surface area contributed by atoms with Crippen molar-refractivity contribution in [2.75, 3.05) is 0 Å². The fourth-order valence-corrected chi connectivity index (χ4v) is 1.82. The Bertz CT molecular complexity index is 672. The Labute approximate surface area is 129 Å². The van der Waals surface area contributed by atoms with Crippen LogP contribution in [0.3, 0.4) is 0 Å². The predicted octanol–water partition coefficient (Wildman–Crippen LogP) is 3.71. The molecule has 0 aromatic heterocycles. The molecule has 0 radical (unpaired) electrons. The molecule has 2 aromatic carbocycles. The van der Waals surface area contributed by atoms with Crippen LogP contribution < -0.4 is 10.1 Å². The first-order chi connectivity index (χ1) is 9.97. The summed E-state index contributed by atoms with van der Waals surface area (Å²) >= 11 is 10.5. The summed E-state index contributed by atoms with van der Waals surface area (Å²) in [6.07, 6.45) is 0. The van der Waals surface area contributed by atoms with Crippen LogP contribution in [0.5, 0.6) is 5.75 Å². The first-order valence-electron chi connectivity index (χ1n) is 5.70. The van der Waals surface area contributed by atoms with E-state index in [1.165, 1.54) is 12.1 Å². The Morgan fingerprint density at radius 3 is 2.24 bits per heavy atom. The molecule has 0 heterocycles. The van der Waals surface area contributed by atoms with Crippen molar-refractivity contribution in [3.05, 3.63) is 64.7 Å². The maximum atomic E-state index is 13.4. The SMILES string of the molecule is O=C(NC(=S)Oc1ccc(Cl)cc1)c1c(F)cccc1F. The number of rotatable bonds is 2. The van der Waals surface area contributed by atoms with Gasteiger partial charge in [-0.05, 0) is 48.6 Å². The van der Waals surface area contributed by atoms with Crippen LogP contribution in [-0.4, -0.2) is 11.1 Å². The van der Waals surface area contributed by atoms with E-state index >= 15 is 0 Å². The molecule has 2 aromatic rings. The average Bonchev–Trinajstić information content (AvgIpc) is 2.41. The monoisotopic (exact) mass is 327 g/mol. The first kappa shape index (κ1) is 15.3. The number of carbonyl (C=O) groups is 1. The molecule has 2 rings (SSSR count). The zero-order valence-corrected chi connectivity index (χ0v) is 12.0. The summed E-state index contributed by atoms with van der Waals surface area (Å²) in [7, 11) is 0. The lowest BCUT2D eigenvalue weighted by molar-refractivity contribution is 0.0965. The minimum atomic E-state index is -1.02. The van der Waals surface area contributed by atoms with Gasteiger partial charge in [0.1, 0.15) is 22.9 Å². The summed E-state index contributed by atoms with van der Waals surface area (Å²) in [5, 5.41) is 2.27. The summed E-state index contributed by atoms with van der Waals surface area (Å²) < 4.78 is 32.0. The van der Waals surface area contributed by atoms with Gasteiger partial charge in [-0.2, -0.15) is 0 Å². The van der Waals surface area contributed by atoms with E-state index in [-0.39, 0.29) is 5.17 Å². The summed E-state index contributed by atoms with van der Waals surface area (Å²) in [4.78, 5) is 11.8. The standard InChI is InChI=1S/C14H8ClF2NO2S/c15-8-4-6-9(7-5-8)20-14(21)18-13(19)12-10(16)2-1-3-11(12)17/h1-7H,(H,18,19,21). The van der Waals surface area contributed by atoms with Crippen molar-refractivity contribution in [1.82, 2.24) is 5.32 Å². The van der Waals surface area contributed by atoms with Gasteiger partial charge in [-0.25, -0.2) is 8.78 Å². The van der Waals surface area contributed by atoms with Crippen LogP contribution in [0.2, 0.25) is 5.02 Å². The number of ether oxygens (including phenoxy) is 1. The van der Waals surface area contributed by atoms with E-state index in [4.69, 9.17) is 28.6 Å². The number of amides is 1. The number of thiocarbonyl (C=S) groups is 1. The van der Waals surface area contributed by atoms with E-state index in [1.807, 2.05) is 0 Å². The lowest BCUT2D eigenvalue weighted by atomic mass is 10.2. The molecule has 21 heavy (non-hydrogen) atoms. The minimum absolute atomic E-state index is 0.329. The largest absolute Gasteiger partial charge is 0.432 e. The van der Waals surface area contributed by atoms with E-state index in [1.54, 1.807) is 12.1 Å². The average molecular weight is 328 g/mol. The third kappa shape index (κ3) is 3.96. The smallest absolute Gasteiger partial charge is 0.269 e. The molecule has 0 aliphatic heterocycles. The van der Waals surface area contributed by atoms with Crippen molar-refractivity contribution >= 4 is 34.9 Å². The van der Waals surface area contributed by atoms with E-state index in [9.17, 15) is 13.6 Å². The second kappa shape index (κ2) is 6.60. The highest BCUT2D eigenvalue weighted by atomic mass is 35.5. The highest BCUT2D eigenvalue weighted by molar-refractivity contribution is 7.80. The molecular formula is C14H8ClF2NO2S. The summed E-state index contributed by atoms with van der Waals surface area (Å²) in [5.41, 5.74) is -0.723. The van der Waals surface area contributed by atoms with Crippen molar-refractivity contribution in [1.29, 1.82) is 0 Å². The quantitative estimate of drug-likeness (QED) is 0.855. The summed E-state index contributed by atoms with van der Waals surface area (Å²) in [6.45, 7) is 0. The number of halogens is 3. The van der Waals surface area contributed by atoms with Gasteiger partial charge in [0, 0.05) is 5.02 Å². The normalized spacial score (nSPS) is 10.0. The maximum Gasteiger partial charge on any atom is 0.269 e. The maximum absolute atomic E-state index is 13.4. The van der Waals surface area contributed by atoms with Gasteiger partial charge in [0.2, 0.25) is 0 Å². The van der Waals surface area contributed by atoms with E-state index < -0.39 is 23.1 Å². The van der Waals surface area contributed by atoms with Crippen LogP contribution in [0.15, 0.2) is 42.5 Å². The lowest BCUT2D eigenvalue weighted by Gasteiger charge is -2.09. The number of hydrogen-bond acceptors (Lipinski definition) is 3. The summed E-state index contributed by atoms with van der Waals surface area (Å²) in [5.74, 6) is -2.66. The van der Waals surface area contributed by atoms with E-state index in [2.05, 4.69) is 5.32 Å². The minimum Gasteiger partial charge on any atom is -0.432 e. The molecule has 0 bridgehead atoms. The molecule has 7 heteroatoms. The molecule has 1 amide bonds. The Kier molecular flexibility index (Phi) is 4.82. The van der Waals surface area contributed by atoms with Crippen LogP contribution in [0.1, 0.15) is 10.4 Å². The van der Waals surface area contributed by atoms with Crippen molar-refractivity contribution < 1.29 is 18.3 Å². The van der Waals surface area contributed by atoms with Gasteiger partial charge in [-0.1, -0.05) is 17.7 Å². The van der Waals surface area contributed by atoms with Crippen molar-refractivity contribution in [3.8, 4) is 5.75 Å². The third-order valence-corrected chi connectivity index (χ3v) is 2.87. The van der Waals surface area contributed by atoms with Gasteiger partial charge in [0.05, 0.1) is 0 Å². The molecule has 108 valence electrons. The zero-order chi connectivity index (χ0) is 15.4. The van der Waals surface area contributed by atoms with Crippen molar-refractivity contribution in [2.45, 2.75) is 0 Å². The van der Waals surface area contributed by atoms with Crippen LogP contribution in [0.4, 0.5) is 8.78 Å². The van der Waals surface area contributed by atoms with Gasteiger partial charge in [0.25, 0.3) is 11.1 Å². The Balaban J connectivity index is 2.06. The van der Waals surface area contributed by atoms with Gasteiger partial charge in [0.15, 0.2) is 0 Å². The third-order valence-electron chi connectivity index (χ3n) is 2.43. The fourth-order valence-electron chi connectivity index (χ4n) is 1.51. The molecular weight excluding hydrogens is 320 g/mol. The summed E-state index contributed by atoms with van der Waals surface area (Å²) in [6, 6.07) is 9.30. The van der Waals surface area contributed by atoms with E-state index in [0.717, 1.165) is 18.2 Å². The number of benzene rings is 2. The number of carbonyl (C=O) groups excluding carboxylic acids is 1. The molecule has 3 nitrogen and oxygen atoms in total. The van der Waals surface area contributed by atoms with Gasteiger partial charge < -0.3 is 4.74 Å². The molecule has 0 saturated carbocycles. The number of hydrogen-bond donors (Lipinski definition) is 1. The van der Waals surface area contributed by atoms with Gasteiger partial charge in [-0.3, -0.25) is 10.1 Å². The molecule has 0 aliphatic carbocycles. The van der Waals surface area contributed by atoms with Crippen LogP contribution in [0, 0.1) is 11.6 Å².